The summed E-state index contributed by atoms with van der Waals surface area (Å²) in [5, 5.41) is 8.38. The van der Waals surface area contributed by atoms with E-state index in [9.17, 15) is 18.0 Å². The third-order valence-electron chi connectivity index (χ3n) is 6.89. The van der Waals surface area contributed by atoms with Crippen LogP contribution in [0.1, 0.15) is 54.7 Å². The molecule has 2 unspecified atom stereocenters. The number of carbonyl (C=O) groups is 1. The maximum Gasteiger partial charge on any atom is 0.417 e. The van der Waals surface area contributed by atoms with Crippen LogP contribution in [0.5, 0.6) is 5.88 Å². The van der Waals surface area contributed by atoms with E-state index in [0.717, 1.165) is 30.7 Å². The molecule has 1 saturated heterocycles. The zero-order chi connectivity index (χ0) is 25.6. The van der Waals surface area contributed by atoms with Gasteiger partial charge in [-0.2, -0.15) is 23.4 Å². The van der Waals surface area contributed by atoms with Crippen molar-refractivity contribution in [1.82, 2.24) is 29.9 Å². The zero-order valence-electron chi connectivity index (χ0n) is 20.2. The van der Waals surface area contributed by atoms with Crippen LogP contribution in [0.2, 0.25) is 0 Å². The van der Waals surface area contributed by atoms with Crippen molar-refractivity contribution >= 4 is 5.91 Å². The molecule has 4 heterocycles. The molecule has 2 bridgehead atoms. The molecule has 4 atom stereocenters. The number of hydrogen-bond acceptors (Lipinski definition) is 6. The number of rotatable bonds is 6. The summed E-state index contributed by atoms with van der Waals surface area (Å²) in [7, 11) is 0. The number of carbonyl (C=O) groups excluding carboxylic acids is 1. The smallest absolute Gasteiger partial charge is 0.417 e. The van der Waals surface area contributed by atoms with Crippen molar-refractivity contribution in [2.24, 2.45) is 11.8 Å². The molecule has 190 valence electrons. The third kappa shape index (κ3) is 4.54. The molecule has 8 nitrogen and oxygen atoms in total. The molecule has 1 aliphatic heterocycles. The molecular formula is C25H27F3N6O2. The van der Waals surface area contributed by atoms with E-state index in [1.807, 2.05) is 17.9 Å². The molecule has 2 fully saturated rings. The van der Waals surface area contributed by atoms with E-state index in [1.54, 1.807) is 6.20 Å². The van der Waals surface area contributed by atoms with E-state index in [1.165, 1.54) is 23.3 Å². The van der Waals surface area contributed by atoms with Crippen molar-refractivity contribution in [3.05, 3.63) is 59.8 Å². The van der Waals surface area contributed by atoms with Crippen molar-refractivity contribution in [2.75, 3.05) is 0 Å². The predicted molar refractivity (Wildman–Crippen MR) is 123 cm³/mol. The van der Waals surface area contributed by atoms with E-state index in [-0.39, 0.29) is 41.6 Å². The van der Waals surface area contributed by atoms with Crippen LogP contribution in [0, 0.1) is 18.8 Å². The van der Waals surface area contributed by atoms with Gasteiger partial charge in [0.2, 0.25) is 5.88 Å². The lowest BCUT2D eigenvalue weighted by Crippen LogP contribution is -2.52. The lowest BCUT2D eigenvalue weighted by molar-refractivity contribution is -0.137. The minimum absolute atomic E-state index is 0.0180. The summed E-state index contributed by atoms with van der Waals surface area (Å²) in [6.07, 6.45) is 2.96. The molecule has 0 N–H and O–H groups in total. The van der Waals surface area contributed by atoms with Crippen molar-refractivity contribution in [1.29, 1.82) is 0 Å². The largest absolute Gasteiger partial charge is 0.472 e. The predicted octanol–water partition coefficient (Wildman–Crippen LogP) is 4.48. The van der Waals surface area contributed by atoms with Gasteiger partial charge < -0.3 is 9.64 Å². The van der Waals surface area contributed by atoms with E-state index in [4.69, 9.17) is 4.74 Å². The van der Waals surface area contributed by atoms with Gasteiger partial charge in [-0.05, 0) is 55.7 Å². The molecule has 1 amide bonds. The molecule has 36 heavy (non-hydrogen) atoms. The van der Waals surface area contributed by atoms with Crippen LogP contribution < -0.4 is 4.74 Å². The minimum atomic E-state index is -4.46. The summed E-state index contributed by atoms with van der Waals surface area (Å²) in [5.41, 5.74) is 0.791. The number of nitrogens with zero attached hydrogens (tertiary/aromatic N) is 6. The molecule has 3 aromatic rings. The highest BCUT2D eigenvalue weighted by atomic mass is 19.4. The Morgan fingerprint density at radius 2 is 1.89 bits per heavy atom. The number of piperidine rings is 1. The number of aromatic nitrogens is 5. The van der Waals surface area contributed by atoms with Crippen molar-refractivity contribution in [3.8, 4) is 11.6 Å². The average molecular weight is 501 g/mol. The van der Waals surface area contributed by atoms with Gasteiger partial charge in [-0.15, -0.1) is 4.80 Å². The first kappa shape index (κ1) is 24.2. The van der Waals surface area contributed by atoms with Crippen molar-refractivity contribution in [2.45, 2.75) is 64.4 Å². The van der Waals surface area contributed by atoms with Gasteiger partial charge >= 0.3 is 6.18 Å². The fourth-order valence-corrected chi connectivity index (χ4v) is 5.42. The fraction of sp³-hybridized carbons (Fsp3) is 0.480. The van der Waals surface area contributed by atoms with Gasteiger partial charge in [-0.3, -0.25) is 4.79 Å². The maximum absolute atomic E-state index is 14.0. The zero-order valence-corrected chi connectivity index (χ0v) is 20.2. The van der Waals surface area contributed by atoms with Crippen LogP contribution in [0.4, 0.5) is 13.2 Å². The van der Waals surface area contributed by atoms with Crippen LogP contribution in [0.3, 0.4) is 0 Å². The SMILES string of the molecule is Cc1cnc(C(=O)N2C(CC(C)C)C3C[C@@H](Oc4ccc(C(F)(F)F)cn4)[C@@H]2C3)c(-n2nccn2)c1. The molecule has 2 aliphatic rings. The van der Waals surface area contributed by atoms with E-state index in [2.05, 4.69) is 34.0 Å². The summed E-state index contributed by atoms with van der Waals surface area (Å²) >= 11 is 0. The highest BCUT2D eigenvalue weighted by Gasteiger charge is 2.54. The third-order valence-corrected chi connectivity index (χ3v) is 6.89. The number of likely N-dealkylation sites (tertiary alicyclic amines) is 1. The van der Waals surface area contributed by atoms with Gasteiger partial charge in [0.25, 0.3) is 5.91 Å². The molecule has 1 saturated carbocycles. The van der Waals surface area contributed by atoms with Crippen LogP contribution >= 0.6 is 0 Å². The number of halogens is 3. The van der Waals surface area contributed by atoms with Gasteiger partial charge in [0.15, 0.2) is 5.69 Å². The molecule has 5 rings (SSSR count). The second-order valence-electron chi connectivity index (χ2n) is 9.95. The Labute approximate surface area is 206 Å². The molecule has 0 spiro atoms. The Balaban J connectivity index is 1.44. The Hall–Kier alpha value is -3.50. The number of hydrogen-bond donors (Lipinski definition) is 0. The normalized spacial score (nSPS) is 23.5. The number of pyridine rings is 2. The summed E-state index contributed by atoms with van der Waals surface area (Å²) in [6, 6.07) is 3.79. The Morgan fingerprint density at radius 1 is 1.14 bits per heavy atom. The lowest BCUT2D eigenvalue weighted by atomic mass is 9.90. The summed E-state index contributed by atoms with van der Waals surface area (Å²) in [4.78, 5) is 25.6. The van der Waals surface area contributed by atoms with Crippen molar-refractivity contribution in [3.63, 3.8) is 0 Å². The number of ether oxygens (including phenoxy) is 1. The highest BCUT2D eigenvalue weighted by molar-refractivity contribution is 5.96. The molecule has 11 heteroatoms. The first-order valence-electron chi connectivity index (χ1n) is 12.0. The second-order valence-corrected chi connectivity index (χ2v) is 9.95. The lowest BCUT2D eigenvalue weighted by Gasteiger charge is -2.40. The first-order chi connectivity index (χ1) is 17.1. The Morgan fingerprint density at radius 3 is 2.53 bits per heavy atom. The van der Waals surface area contributed by atoms with Crippen molar-refractivity contribution < 1.29 is 22.7 Å². The van der Waals surface area contributed by atoms with Gasteiger partial charge in [-0.25, -0.2) is 9.97 Å². The van der Waals surface area contributed by atoms with Gasteiger partial charge in [-0.1, -0.05) is 13.8 Å². The number of fused-ring (bicyclic) bond motifs is 2. The quantitative estimate of drug-likeness (QED) is 0.496. The van der Waals surface area contributed by atoms with E-state index >= 15 is 0 Å². The second kappa shape index (κ2) is 9.18. The maximum atomic E-state index is 14.0. The van der Waals surface area contributed by atoms with Gasteiger partial charge in [0.1, 0.15) is 11.8 Å². The topological polar surface area (TPSA) is 86.0 Å². The number of aryl methyl sites for hydroxylation is 1. The summed E-state index contributed by atoms with van der Waals surface area (Å²) < 4.78 is 44.8. The van der Waals surface area contributed by atoms with Crippen LogP contribution in [0.25, 0.3) is 5.69 Å². The van der Waals surface area contributed by atoms with E-state index in [0.29, 0.717) is 18.0 Å². The standard InChI is InChI=1S/C25H27F3N6O2/c1-14(2)8-18-16-10-19(21(11-16)36-22-5-4-17(13-29-22)25(26,27)28)33(18)24(35)23-20(9-15(3)12-30-23)34-31-6-7-32-34/h4-7,9,12-14,16,18-19,21H,8,10-11H2,1-3H3/t16?,18?,19-,21+/m0/s1. The minimum Gasteiger partial charge on any atom is -0.472 e. The van der Waals surface area contributed by atoms with Gasteiger partial charge in [0, 0.05) is 24.5 Å². The summed E-state index contributed by atoms with van der Waals surface area (Å²) in [6.45, 7) is 6.13. The van der Waals surface area contributed by atoms with Crippen LogP contribution in [-0.2, 0) is 6.18 Å². The highest BCUT2D eigenvalue weighted by Crippen LogP contribution is 2.47. The first-order valence-corrected chi connectivity index (χ1v) is 12.0. The molecule has 0 radical (unpaired) electrons. The Kier molecular flexibility index (Phi) is 6.17. The van der Waals surface area contributed by atoms with Crippen LogP contribution in [-0.4, -0.2) is 54.0 Å². The molecule has 1 aliphatic carbocycles. The average Bonchev–Trinajstić information content (AvgIpc) is 3.55. The van der Waals surface area contributed by atoms with Crippen LogP contribution in [0.15, 0.2) is 43.0 Å². The fourth-order valence-electron chi connectivity index (χ4n) is 5.42. The number of amides is 1. The molecule has 0 aromatic carbocycles. The van der Waals surface area contributed by atoms with Gasteiger partial charge in [0.05, 0.1) is 24.0 Å². The Bertz CT molecular complexity index is 1230. The molecule has 3 aromatic heterocycles. The summed E-state index contributed by atoms with van der Waals surface area (Å²) in [5.74, 6) is 0.480. The van der Waals surface area contributed by atoms with E-state index < -0.39 is 11.7 Å². The monoisotopic (exact) mass is 500 g/mol. The number of alkyl halides is 3. The molecular weight excluding hydrogens is 473 g/mol.